The number of oxazole rings is 1. The normalized spacial score (nSPS) is 24.1. The van der Waals surface area contributed by atoms with Crippen LogP contribution in [-0.2, 0) is 0 Å². The van der Waals surface area contributed by atoms with E-state index in [2.05, 4.69) is 15.6 Å². The highest BCUT2D eigenvalue weighted by Gasteiger charge is 2.37. The molecule has 7 nitrogen and oxygen atoms in total. The number of amides is 1. The second-order valence-corrected chi connectivity index (χ2v) is 6.54. The van der Waals surface area contributed by atoms with E-state index in [4.69, 9.17) is 4.42 Å². The molecule has 0 unspecified atom stereocenters. The lowest BCUT2D eigenvalue weighted by Gasteiger charge is -2.43. The first-order valence-corrected chi connectivity index (χ1v) is 8.26. The highest BCUT2D eigenvalue weighted by molar-refractivity contribution is 5.91. The van der Waals surface area contributed by atoms with E-state index in [1.54, 1.807) is 13.0 Å². The van der Waals surface area contributed by atoms with Gasteiger partial charge in [0.25, 0.3) is 11.5 Å². The minimum absolute atomic E-state index is 0. The molecule has 1 fully saturated rings. The summed E-state index contributed by atoms with van der Waals surface area (Å²) in [4.78, 5) is 28.7. The van der Waals surface area contributed by atoms with E-state index in [1.807, 2.05) is 16.7 Å². The number of carbonyl (C=O) groups excluding carboxylic acids is 1. The topological polar surface area (TPSA) is 89.2 Å². The van der Waals surface area contributed by atoms with Crippen LogP contribution >= 0.6 is 12.4 Å². The lowest BCUT2D eigenvalue weighted by atomic mass is 9.79. The van der Waals surface area contributed by atoms with Crippen molar-refractivity contribution in [2.24, 2.45) is 5.92 Å². The molecule has 134 valence electrons. The molecule has 0 spiro atoms. The van der Waals surface area contributed by atoms with Crippen LogP contribution in [0.5, 0.6) is 0 Å². The number of carbonyl (C=O) groups is 1. The molecule has 2 aliphatic heterocycles. The van der Waals surface area contributed by atoms with Crippen LogP contribution in [0.1, 0.15) is 40.5 Å². The van der Waals surface area contributed by atoms with Crippen LogP contribution in [0.3, 0.4) is 0 Å². The Balaban J connectivity index is 0.00000182. The molecule has 2 aromatic heterocycles. The number of aromatic nitrogens is 2. The van der Waals surface area contributed by atoms with E-state index < -0.39 is 0 Å². The third-order valence-electron chi connectivity index (χ3n) is 5.02. The fraction of sp³-hybridized carbons (Fsp3) is 0.471. The van der Waals surface area contributed by atoms with Gasteiger partial charge in [0.1, 0.15) is 6.26 Å². The number of nitrogens with zero attached hydrogens (tertiary/aromatic N) is 2. The molecule has 0 aliphatic carbocycles. The van der Waals surface area contributed by atoms with Crippen LogP contribution in [-0.4, -0.2) is 35.1 Å². The summed E-state index contributed by atoms with van der Waals surface area (Å²) < 4.78 is 6.95. The smallest absolute Gasteiger partial charge is 0.273 e. The summed E-state index contributed by atoms with van der Waals surface area (Å²) in [6.07, 6.45) is 2.39. The van der Waals surface area contributed by atoms with E-state index in [-0.39, 0.29) is 35.6 Å². The lowest BCUT2D eigenvalue weighted by Crippen LogP contribution is -2.50. The Morgan fingerprint density at radius 1 is 1.44 bits per heavy atom. The monoisotopic (exact) mass is 364 g/mol. The van der Waals surface area contributed by atoms with Gasteiger partial charge >= 0.3 is 0 Å². The van der Waals surface area contributed by atoms with Crippen molar-refractivity contribution >= 4 is 18.3 Å². The Kier molecular flexibility index (Phi) is 4.96. The molecule has 1 amide bonds. The number of rotatable bonds is 3. The zero-order chi connectivity index (χ0) is 16.7. The average molecular weight is 365 g/mol. The van der Waals surface area contributed by atoms with Gasteiger partial charge in [-0.1, -0.05) is 6.07 Å². The third-order valence-corrected chi connectivity index (χ3v) is 5.02. The lowest BCUT2D eigenvalue weighted by molar-refractivity contribution is 0.0927. The van der Waals surface area contributed by atoms with Crippen LogP contribution in [0, 0.1) is 12.8 Å². The van der Waals surface area contributed by atoms with Crippen molar-refractivity contribution in [3.8, 4) is 0 Å². The van der Waals surface area contributed by atoms with Gasteiger partial charge < -0.3 is 19.6 Å². The van der Waals surface area contributed by atoms with E-state index in [0.29, 0.717) is 24.3 Å². The van der Waals surface area contributed by atoms with Crippen LogP contribution < -0.4 is 16.2 Å². The molecular formula is C17H21ClN4O3. The van der Waals surface area contributed by atoms with Gasteiger partial charge in [-0.2, -0.15) is 0 Å². The fourth-order valence-corrected chi connectivity index (χ4v) is 3.92. The summed E-state index contributed by atoms with van der Waals surface area (Å²) in [5.74, 6) is 0.875. The van der Waals surface area contributed by atoms with Crippen molar-refractivity contribution < 1.29 is 9.21 Å². The highest BCUT2D eigenvalue weighted by atomic mass is 35.5. The predicted molar refractivity (Wildman–Crippen MR) is 94.3 cm³/mol. The summed E-state index contributed by atoms with van der Waals surface area (Å²) in [6.45, 7) is 3.86. The number of piperidine rings is 1. The SMILES string of the molecule is Cc1nc(C(=O)NC[C@H]2[C@@H]3CNC[C@@H](C3)c3cccc(=O)n32)co1.Cl. The van der Waals surface area contributed by atoms with E-state index in [1.165, 1.54) is 6.26 Å². The highest BCUT2D eigenvalue weighted by Crippen LogP contribution is 2.38. The van der Waals surface area contributed by atoms with Gasteiger partial charge in [-0.25, -0.2) is 4.98 Å². The van der Waals surface area contributed by atoms with Crippen molar-refractivity contribution in [1.29, 1.82) is 0 Å². The Morgan fingerprint density at radius 2 is 2.28 bits per heavy atom. The summed E-state index contributed by atoms with van der Waals surface area (Å²) in [6, 6.07) is 5.38. The van der Waals surface area contributed by atoms with Crippen molar-refractivity contribution in [3.63, 3.8) is 0 Å². The van der Waals surface area contributed by atoms with Crippen LogP contribution in [0.4, 0.5) is 0 Å². The van der Waals surface area contributed by atoms with E-state index >= 15 is 0 Å². The number of pyridine rings is 1. The van der Waals surface area contributed by atoms with Crippen LogP contribution in [0.2, 0.25) is 0 Å². The summed E-state index contributed by atoms with van der Waals surface area (Å²) >= 11 is 0. The van der Waals surface area contributed by atoms with Crippen molar-refractivity contribution in [3.05, 3.63) is 52.1 Å². The molecule has 8 heteroatoms. The number of aryl methyl sites for hydroxylation is 1. The Morgan fingerprint density at radius 3 is 3.04 bits per heavy atom. The van der Waals surface area contributed by atoms with E-state index in [0.717, 1.165) is 25.2 Å². The number of hydrogen-bond donors (Lipinski definition) is 2. The zero-order valence-electron chi connectivity index (χ0n) is 13.9. The fourth-order valence-electron chi connectivity index (χ4n) is 3.92. The van der Waals surface area contributed by atoms with Crippen molar-refractivity contribution in [1.82, 2.24) is 20.2 Å². The molecule has 0 saturated carbocycles. The van der Waals surface area contributed by atoms with Crippen LogP contribution in [0.25, 0.3) is 0 Å². The molecule has 25 heavy (non-hydrogen) atoms. The van der Waals surface area contributed by atoms with Crippen LogP contribution in [0.15, 0.2) is 33.7 Å². The van der Waals surface area contributed by atoms with Crippen molar-refractivity contribution in [2.75, 3.05) is 19.6 Å². The Labute approximate surface area is 151 Å². The van der Waals surface area contributed by atoms with Gasteiger partial charge in [0.05, 0.1) is 6.04 Å². The molecule has 4 rings (SSSR count). The first kappa shape index (κ1) is 17.7. The molecule has 3 atom stereocenters. The summed E-state index contributed by atoms with van der Waals surface area (Å²) in [7, 11) is 0. The molecule has 2 bridgehead atoms. The molecule has 4 heterocycles. The minimum atomic E-state index is -0.275. The first-order valence-electron chi connectivity index (χ1n) is 8.26. The number of fused-ring (bicyclic) bond motifs is 4. The average Bonchev–Trinajstić information content (AvgIpc) is 3.02. The molecule has 2 N–H and O–H groups in total. The maximum absolute atomic E-state index is 12.4. The van der Waals surface area contributed by atoms with Gasteiger partial charge in [-0.15, -0.1) is 12.4 Å². The summed E-state index contributed by atoms with van der Waals surface area (Å²) in [5.41, 5.74) is 1.33. The van der Waals surface area contributed by atoms with Crippen molar-refractivity contribution in [2.45, 2.75) is 25.3 Å². The maximum atomic E-state index is 12.4. The first-order chi connectivity index (χ1) is 11.6. The molecule has 1 saturated heterocycles. The second kappa shape index (κ2) is 7.01. The molecule has 0 radical (unpaired) electrons. The standard InChI is InChI=1S/C17H20N4O3.ClH/c1-10-20-13(9-24-10)17(23)19-8-15-12-5-11(6-18-7-12)14-3-2-4-16(22)21(14)15;/h2-4,9,11-12,15,18H,5-8H2,1H3,(H,19,23);1H/t11-,12+,15+;/m1./s1. The molecule has 2 aliphatic rings. The van der Waals surface area contributed by atoms with Gasteiger partial charge in [0.15, 0.2) is 11.6 Å². The van der Waals surface area contributed by atoms with E-state index in [9.17, 15) is 9.59 Å². The second-order valence-electron chi connectivity index (χ2n) is 6.54. The van der Waals surface area contributed by atoms with Gasteiger partial charge in [-0.3, -0.25) is 9.59 Å². The molecule has 0 aromatic carbocycles. The largest absolute Gasteiger partial charge is 0.448 e. The third kappa shape index (κ3) is 3.21. The van der Waals surface area contributed by atoms with Gasteiger partial charge in [0.2, 0.25) is 0 Å². The number of nitrogens with one attached hydrogen (secondary N) is 2. The van der Waals surface area contributed by atoms with Gasteiger partial charge in [-0.05, 0) is 18.4 Å². The zero-order valence-corrected chi connectivity index (χ0v) is 14.7. The number of hydrogen-bond acceptors (Lipinski definition) is 5. The quantitative estimate of drug-likeness (QED) is 0.855. The Hall–Kier alpha value is -2.12. The molecule has 2 aromatic rings. The summed E-state index contributed by atoms with van der Waals surface area (Å²) in [5, 5.41) is 6.35. The Bertz CT molecular complexity index is 831. The number of halogens is 1. The maximum Gasteiger partial charge on any atom is 0.273 e. The van der Waals surface area contributed by atoms with Gasteiger partial charge in [0, 0.05) is 44.2 Å². The molecular weight excluding hydrogens is 344 g/mol. The minimum Gasteiger partial charge on any atom is -0.448 e. The predicted octanol–water partition coefficient (Wildman–Crippen LogP) is 1.24.